The molecule has 0 saturated heterocycles. The summed E-state index contributed by atoms with van der Waals surface area (Å²) in [6.45, 7) is 5.78. The highest BCUT2D eigenvalue weighted by Crippen LogP contribution is 2.28. The molecule has 102 valence electrons. The average molecular weight is 251 g/mol. The third kappa shape index (κ3) is 4.73. The van der Waals surface area contributed by atoms with E-state index in [1.165, 1.54) is 19.3 Å². The second-order valence-electron chi connectivity index (χ2n) is 6.03. The van der Waals surface area contributed by atoms with Gasteiger partial charge in [0.05, 0.1) is 17.7 Å². The minimum atomic E-state index is -0.781. The van der Waals surface area contributed by atoms with Crippen LogP contribution in [0.4, 0.5) is 0 Å². The number of hydrogen-bond donors (Lipinski definition) is 0. The van der Waals surface area contributed by atoms with Crippen molar-refractivity contribution in [1.82, 2.24) is 0 Å². The van der Waals surface area contributed by atoms with Crippen LogP contribution in [0, 0.1) is 11.3 Å². The van der Waals surface area contributed by atoms with Gasteiger partial charge in [0.25, 0.3) is 0 Å². The molecule has 0 heterocycles. The average Bonchev–Trinajstić information content (AvgIpc) is 2.37. The molecule has 4 nitrogen and oxygen atoms in total. The predicted molar refractivity (Wildman–Crippen MR) is 71.5 cm³/mol. The second-order valence-corrected chi connectivity index (χ2v) is 6.03. The van der Waals surface area contributed by atoms with Crippen molar-refractivity contribution in [3.63, 3.8) is 0 Å². The Balaban J connectivity index is 2.64. The highest BCUT2D eigenvalue weighted by molar-refractivity contribution is 5.06. The Kier molecular flexibility index (Phi) is 5.28. The van der Waals surface area contributed by atoms with Gasteiger partial charge >= 0.3 is 0 Å². The van der Waals surface area contributed by atoms with Crippen LogP contribution >= 0.6 is 0 Å². The van der Waals surface area contributed by atoms with Gasteiger partial charge in [0.1, 0.15) is 0 Å². The van der Waals surface area contributed by atoms with E-state index in [2.05, 4.69) is 16.3 Å². The van der Waals surface area contributed by atoms with E-state index in [-0.39, 0.29) is 5.60 Å². The van der Waals surface area contributed by atoms with Gasteiger partial charge in [0.15, 0.2) is 5.54 Å². The zero-order valence-corrected chi connectivity index (χ0v) is 12.1. The number of rotatable bonds is 5. The molecular weight excluding hydrogens is 226 g/mol. The Morgan fingerprint density at radius 2 is 1.83 bits per heavy atom. The zero-order valence-electron chi connectivity index (χ0n) is 12.1. The van der Waals surface area contributed by atoms with Crippen molar-refractivity contribution >= 4 is 0 Å². The Hall–Kier alpha value is -0.950. The third-order valence-electron chi connectivity index (χ3n) is 3.58. The molecule has 18 heavy (non-hydrogen) atoms. The summed E-state index contributed by atoms with van der Waals surface area (Å²) in [5.74, 6) is 0. The maximum atomic E-state index is 9.31. The van der Waals surface area contributed by atoms with E-state index < -0.39 is 5.54 Å². The Morgan fingerprint density at radius 3 is 2.33 bits per heavy atom. The van der Waals surface area contributed by atoms with Crippen LogP contribution in [0.15, 0.2) is 10.2 Å². The predicted octanol–water partition coefficient (Wildman–Crippen LogP) is 3.87. The van der Waals surface area contributed by atoms with Gasteiger partial charge in [-0.3, -0.25) is 0 Å². The first-order valence-corrected chi connectivity index (χ1v) is 6.79. The van der Waals surface area contributed by atoms with Gasteiger partial charge in [0.2, 0.25) is 0 Å². The van der Waals surface area contributed by atoms with E-state index >= 15 is 0 Å². The van der Waals surface area contributed by atoms with E-state index in [0.29, 0.717) is 12.5 Å². The van der Waals surface area contributed by atoms with Gasteiger partial charge in [-0.1, -0.05) is 19.3 Å². The lowest BCUT2D eigenvalue weighted by Crippen LogP contribution is -2.34. The van der Waals surface area contributed by atoms with Crippen molar-refractivity contribution in [2.45, 2.75) is 76.5 Å². The quantitative estimate of drug-likeness (QED) is 0.696. The van der Waals surface area contributed by atoms with Crippen LogP contribution in [0.3, 0.4) is 0 Å². The minimum absolute atomic E-state index is 0.317. The number of ether oxygens (including phenoxy) is 1. The van der Waals surface area contributed by atoms with Crippen molar-refractivity contribution in [1.29, 1.82) is 5.26 Å². The molecule has 0 N–H and O–H groups in total. The van der Waals surface area contributed by atoms with Crippen LogP contribution in [0.1, 0.15) is 59.3 Å². The monoisotopic (exact) mass is 251 g/mol. The summed E-state index contributed by atoms with van der Waals surface area (Å²) in [5.41, 5.74) is -1.13. The van der Waals surface area contributed by atoms with Gasteiger partial charge in [-0.25, -0.2) is 0 Å². The lowest BCUT2D eigenvalue weighted by Gasteiger charge is -2.29. The van der Waals surface area contributed by atoms with Gasteiger partial charge in [-0.05, 0) is 33.6 Å². The first-order valence-electron chi connectivity index (χ1n) is 6.79. The van der Waals surface area contributed by atoms with Crippen molar-refractivity contribution in [2.24, 2.45) is 10.2 Å². The topological polar surface area (TPSA) is 57.7 Å². The molecule has 0 aromatic carbocycles. The third-order valence-corrected chi connectivity index (χ3v) is 3.58. The van der Waals surface area contributed by atoms with Crippen molar-refractivity contribution in [2.75, 3.05) is 7.11 Å². The van der Waals surface area contributed by atoms with Crippen LogP contribution in [0.2, 0.25) is 0 Å². The molecule has 4 heteroatoms. The van der Waals surface area contributed by atoms with Crippen LogP contribution < -0.4 is 0 Å². The molecule has 0 amide bonds. The van der Waals surface area contributed by atoms with E-state index in [0.717, 1.165) is 12.8 Å². The fourth-order valence-electron chi connectivity index (χ4n) is 2.40. The first kappa shape index (κ1) is 15.1. The normalized spacial score (nSPS) is 21.7. The Bertz CT molecular complexity index is 326. The van der Waals surface area contributed by atoms with Crippen molar-refractivity contribution in [3.8, 4) is 6.07 Å². The van der Waals surface area contributed by atoms with Gasteiger partial charge in [-0.2, -0.15) is 15.5 Å². The molecule has 1 unspecified atom stereocenters. The molecule has 0 bridgehead atoms. The standard InChI is InChI=1S/C14H25N3O/c1-13(2,18-4)10-14(3,11-15)17-16-12-8-6-5-7-9-12/h12H,5-10H2,1-4H3. The maximum Gasteiger partial charge on any atom is 0.167 e. The second kappa shape index (κ2) is 6.29. The molecule has 1 rings (SSSR count). The smallest absolute Gasteiger partial charge is 0.167 e. The number of methoxy groups -OCH3 is 1. The molecule has 1 aliphatic carbocycles. The van der Waals surface area contributed by atoms with Gasteiger partial charge in [0, 0.05) is 13.5 Å². The number of hydrogen-bond acceptors (Lipinski definition) is 4. The number of nitriles is 1. The minimum Gasteiger partial charge on any atom is -0.379 e. The lowest BCUT2D eigenvalue weighted by atomic mass is 9.89. The fourth-order valence-corrected chi connectivity index (χ4v) is 2.40. The molecule has 0 aromatic rings. The van der Waals surface area contributed by atoms with E-state index in [1.54, 1.807) is 7.11 Å². The van der Waals surface area contributed by atoms with Crippen molar-refractivity contribution < 1.29 is 4.74 Å². The molecule has 0 aliphatic heterocycles. The summed E-state index contributed by atoms with van der Waals surface area (Å²) >= 11 is 0. The Morgan fingerprint density at radius 1 is 1.22 bits per heavy atom. The highest BCUT2D eigenvalue weighted by Gasteiger charge is 2.33. The largest absolute Gasteiger partial charge is 0.379 e. The summed E-state index contributed by atoms with van der Waals surface area (Å²) in [7, 11) is 1.66. The van der Waals surface area contributed by atoms with E-state index in [9.17, 15) is 5.26 Å². The molecular formula is C14H25N3O. The van der Waals surface area contributed by atoms with Crippen LogP contribution in [-0.4, -0.2) is 24.3 Å². The Labute approximate surface area is 110 Å². The summed E-state index contributed by atoms with van der Waals surface area (Å²) in [6, 6.07) is 2.58. The lowest BCUT2D eigenvalue weighted by molar-refractivity contribution is 0.00469. The fraction of sp³-hybridized carbons (Fsp3) is 0.929. The van der Waals surface area contributed by atoms with Crippen LogP contribution in [0.25, 0.3) is 0 Å². The summed E-state index contributed by atoms with van der Waals surface area (Å²) in [6.07, 6.45) is 6.55. The van der Waals surface area contributed by atoms with Gasteiger partial charge in [-0.15, -0.1) is 0 Å². The summed E-state index contributed by atoms with van der Waals surface area (Å²) in [4.78, 5) is 0. The maximum absolute atomic E-state index is 9.31. The molecule has 1 saturated carbocycles. The van der Waals surface area contributed by atoms with E-state index in [4.69, 9.17) is 4.74 Å². The van der Waals surface area contributed by atoms with Crippen LogP contribution in [-0.2, 0) is 4.74 Å². The molecule has 0 spiro atoms. The molecule has 1 atom stereocenters. The van der Waals surface area contributed by atoms with Crippen molar-refractivity contribution in [3.05, 3.63) is 0 Å². The SMILES string of the molecule is COC(C)(C)CC(C)(C#N)N=NC1CCCCC1. The van der Waals surface area contributed by atoms with Crippen LogP contribution in [0.5, 0.6) is 0 Å². The molecule has 1 aliphatic rings. The number of azo groups is 1. The highest BCUT2D eigenvalue weighted by atomic mass is 16.5. The van der Waals surface area contributed by atoms with E-state index in [1.807, 2.05) is 20.8 Å². The van der Waals surface area contributed by atoms with Gasteiger partial charge < -0.3 is 4.74 Å². The molecule has 1 fully saturated rings. The summed E-state index contributed by atoms with van der Waals surface area (Å²) < 4.78 is 5.37. The number of nitrogens with zero attached hydrogens (tertiary/aromatic N) is 3. The molecule has 0 aromatic heterocycles. The summed E-state index contributed by atoms with van der Waals surface area (Å²) in [5, 5.41) is 18.0. The molecule has 0 radical (unpaired) electrons. The first-order chi connectivity index (χ1) is 8.41. The zero-order chi connectivity index (χ0) is 13.6.